The normalized spacial score (nSPS) is 15.2. The maximum Gasteiger partial charge on any atom is 0.331 e. The number of carbonyl (C=O) groups is 1. The molecule has 0 aliphatic heterocycles. The summed E-state index contributed by atoms with van der Waals surface area (Å²) in [6, 6.07) is 9.67. The van der Waals surface area contributed by atoms with Crippen LogP contribution in [-0.4, -0.2) is 32.3 Å². The highest BCUT2D eigenvalue weighted by atomic mass is 16.5. The van der Waals surface area contributed by atoms with Crippen LogP contribution in [0.15, 0.2) is 30.3 Å². The summed E-state index contributed by atoms with van der Waals surface area (Å²) >= 11 is 0. The van der Waals surface area contributed by atoms with Crippen LogP contribution in [0.3, 0.4) is 0 Å². The van der Waals surface area contributed by atoms with Crippen LogP contribution in [0.1, 0.15) is 39.2 Å². The van der Waals surface area contributed by atoms with Gasteiger partial charge in [0.1, 0.15) is 5.54 Å². The van der Waals surface area contributed by atoms with Gasteiger partial charge in [-0.2, -0.15) is 0 Å². The summed E-state index contributed by atoms with van der Waals surface area (Å²) in [5.74, 6) is -0.258. The second-order valence-electron chi connectivity index (χ2n) is 5.08. The molecule has 21 heavy (non-hydrogen) atoms. The molecule has 118 valence electrons. The molecule has 4 nitrogen and oxygen atoms in total. The number of hydrogen-bond donors (Lipinski definition) is 1. The lowest BCUT2D eigenvalue weighted by Crippen LogP contribution is -2.49. The molecule has 0 heterocycles. The van der Waals surface area contributed by atoms with Crippen molar-refractivity contribution in [3.63, 3.8) is 0 Å². The monoisotopic (exact) mass is 293 g/mol. The summed E-state index contributed by atoms with van der Waals surface area (Å²) in [7, 11) is 1.78. The van der Waals surface area contributed by atoms with Gasteiger partial charge < -0.3 is 14.8 Å². The number of esters is 1. The average Bonchev–Trinajstić information content (AvgIpc) is 2.52. The van der Waals surface area contributed by atoms with Gasteiger partial charge in [-0.25, -0.2) is 4.79 Å². The fourth-order valence-electron chi connectivity index (χ4n) is 2.24. The van der Waals surface area contributed by atoms with Gasteiger partial charge in [0.15, 0.2) is 0 Å². The Balaban J connectivity index is 2.95. The Bertz CT molecular complexity index is 421. The van der Waals surface area contributed by atoms with E-state index in [2.05, 4.69) is 12.2 Å². The lowest BCUT2D eigenvalue weighted by atomic mass is 9.87. The number of likely N-dealkylation sites (N-methyl/N-ethyl adjacent to an activating group) is 1. The van der Waals surface area contributed by atoms with Crippen molar-refractivity contribution >= 4 is 5.97 Å². The highest BCUT2D eigenvalue weighted by Gasteiger charge is 2.40. The molecule has 1 rings (SSSR count). The first-order chi connectivity index (χ1) is 10.1. The zero-order valence-corrected chi connectivity index (χ0v) is 13.5. The van der Waals surface area contributed by atoms with Crippen LogP contribution in [-0.2, 0) is 19.8 Å². The Morgan fingerprint density at radius 1 is 1.29 bits per heavy atom. The highest BCUT2D eigenvalue weighted by Crippen LogP contribution is 2.27. The average molecular weight is 293 g/mol. The van der Waals surface area contributed by atoms with Gasteiger partial charge in [-0.05, 0) is 32.9 Å². The van der Waals surface area contributed by atoms with Crippen molar-refractivity contribution < 1.29 is 14.3 Å². The maximum atomic E-state index is 12.5. The van der Waals surface area contributed by atoms with Crippen LogP contribution >= 0.6 is 0 Å². The Labute approximate surface area is 127 Å². The molecule has 1 aromatic rings. The molecule has 0 aliphatic carbocycles. The Kier molecular flexibility index (Phi) is 7.40. The van der Waals surface area contributed by atoms with E-state index in [0.717, 1.165) is 12.0 Å². The number of ether oxygens (including phenoxy) is 2. The minimum Gasteiger partial charge on any atom is -0.464 e. The van der Waals surface area contributed by atoms with Gasteiger partial charge in [0.2, 0.25) is 0 Å². The van der Waals surface area contributed by atoms with E-state index in [9.17, 15) is 4.79 Å². The highest BCUT2D eigenvalue weighted by molar-refractivity contribution is 5.82. The molecule has 0 bridgehead atoms. The summed E-state index contributed by atoms with van der Waals surface area (Å²) in [5, 5.41) is 3.15. The largest absolute Gasteiger partial charge is 0.464 e. The van der Waals surface area contributed by atoms with Crippen molar-refractivity contribution in [1.82, 2.24) is 5.32 Å². The van der Waals surface area contributed by atoms with E-state index in [4.69, 9.17) is 9.47 Å². The number of nitrogens with one attached hydrogen (secondary N) is 1. The van der Waals surface area contributed by atoms with Gasteiger partial charge in [0.25, 0.3) is 0 Å². The van der Waals surface area contributed by atoms with Gasteiger partial charge in [-0.3, -0.25) is 0 Å². The first-order valence-corrected chi connectivity index (χ1v) is 7.64. The van der Waals surface area contributed by atoms with Gasteiger partial charge in [-0.1, -0.05) is 37.3 Å². The van der Waals surface area contributed by atoms with E-state index in [1.165, 1.54) is 0 Å². The minimum atomic E-state index is -0.856. The minimum absolute atomic E-state index is 0.192. The molecule has 2 atom stereocenters. The number of rotatable bonds is 9. The van der Waals surface area contributed by atoms with Crippen molar-refractivity contribution in [2.45, 2.75) is 45.3 Å². The van der Waals surface area contributed by atoms with E-state index in [0.29, 0.717) is 19.6 Å². The molecular formula is C17H27NO3. The molecule has 0 spiro atoms. The molecule has 0 aliphatic rings. The topological polar surface area (TPSA) is 47.6 Å². The molecule has 0 fully saturated rings. The molecule has 0 saturated heterocycles. The van der Waals surface area contributed by atoms with E-state index >= 15 is 0 Å². The Morgan fingerprint density at radius 3 is 2.48 bits per heavy atom. The summed E-state index contributed by atoms with van der Waals surface area (Å²) in [4.78, 5) is 12.5. The fourth-order valence-corrected chi connectivity index (χ4v) is 2.24. The van der Waals surface area contributed by atoms with Crippen molar-refractivity contribution in [2.24, 2.45) is 0 Å². The van der Waals surface area contributed by atoms with Crippen LogP contribution < -0.4 is 5.32 Å². The summed E-state index contributed by atoms with van der Waals surface area (Å²) in [6.45, 7) is 6.80. The number of carbonyl (C=O) groups excluding carboxylic acids is 1. The van der Waals surface area contributed by atoms with Crippen LogP contribution in [0.4, 0.5) is 0 Å². The van der Waals surface area contributed by atoms with Gasteiger partial charge in [-0.15, -0.1) is 0 Å². The lowest BCUT2D eigenvalue weighted by Gasteiger charge is -2.32. The molecule has 0 saturated carbocycles. The lowest BCUT2D eigenvalue weighted by molar-refractivity contribution is -0.152. The van der Waals surface area contributed by atoms with Crippen molar-refractivity contribution in [2.75, 3.05) is 20.3 Å². The van der Waals surface area contributed by atoms with Crippen LogP contribution in [0, 0.1) is 0 Å². The standard InChI is InChI=1S/C17H27NO3/c1-5-14(3)21-13-12-17(18-4,16(19)20-6-2)15-10-8-7-9-11-15/h7-11,14,18H,5-6,12-13H2,1-4H3. The fraction of sp³-hybridized carbons (Fsp3) is 0.588. The SMILES string of the molecule is CCOC(=O)C(CCOC(C)CC)(NC)c1ccccc1. The molecule has 0 amide bonds. The molecule has 4 heteroatoms. The van der Waals surface area contributed by atoms with Crippen LogP contribution in [0.2, 0.25) is 0 Å². The van der Waals surface area contributed by atoms with Gasteiger partial charge >= 0.3 is 5.97 Å². The molecule has 0 radical (unpaired) electrons. The molecule has 0 aromatic heterocycles. The predicted molar refractivity (Wildman–Crippen MR) is 84.1 cm³/mol. The number of hydrogen-bond acceptors (Lipinski definition) is 4. The number of benzene rings is 1. The molecule has 1 N–H and O–H groups in total. The quantitative estimate of drug-likeness (QED) is 0.711. The van der Waals surface area contributed by atoms with E-state index < -0.39 is 5.54 Å². The Hall–Kier alpha value is -1.39. The zero-order chi connectivity index (χ0) is 15.7. The Morgan fingerprint density at radius 2 is 1.95 bits per heavy atom. The van der Waals surface area contributed by atoms with Crippen molar-refractivity contribution in [3.8, 4) is 0 Å². The predicted octanol–water partition coefficient (Wildman–Crippen LogP) is 2.87. The van der Waals surface area contributed by atoms with E-state index in [-0.39, 0.29) is 12.1 Å². The first-order valence-electron chi connectivity index (χ1n) is 7.64. The summed E-state index contributed by atoms with van der Waals surface area (Å²) < 4.78 is 11.0. The van der Waals surface area contributed by atoms with E-state index in [1.807, 2.05) is 44.2 Å². The molecular weight excluding hydrogens is 266 g/mol. The second kappa shape index (κ2) is 8.80. The van der Waals surface area contributed by atoms with Gasteiger partial charge in [0.05, 0.1) is 12.7 Å². The van der Waals surface area contributed by atoms with Gasteiger partial charge in [0, 0.05) is 13.0 Å². The first kappa shape index (κ1) is 17.7. The zero-order valence-electron chi connectivity index (χ0n) is 13.5. The third-order valence-corrected chi connectivity index (χ3v) is 3.77. The second-order valence-corrected chi connectivity index (χ2v) is 5.08. The van der Waals surface area contributed by atoms with E-state index in [1.54, 1.807) is 7.05 Å². The molecule has 2 unspecified atom stereocenters. The van der Waals surface area contributed by atoms with Crippen molar-refractivity contribution in [3.05, 3.63) is 35.9 Å². The molecule has 1 aromatic carbocycles. The van der Waals surface area contributed by atoms with Crippen LogP contribution in [0.25, 0.3) is 0 Å². The smallest absolute Gasteiger partial charge is 0.331 e. The summed E-state index contributed by atoms with van der Waals surface area (Å²) in [5.41, 5.74) is 0.0452. The van der Waals surface area contributed by atoms with Crippen molar-refractivity contribution in [1.29, 1.82) is 0 Å². The summed E-state index contributed by atoms with van der Waals surface area (Å²) in [6.07, 6.45) is 1.69. The third-order valence-electron chi connectivity index (χ3n) is 3.77. The van der Waals surface area contributed by atoms with Crippen LogP contribution in [0.5, 0.6) is 0 Å². The maximum absolute atomic E-state index is 12.5. The third kappa shape index (κ3) is 4.55.